The summed E-state index contributed by atoms with van der Waals surface area (Å²) >= 11 is 0. The van der Waals surface area contributed by atoms with Crippen molar-refractivity contribution in [1.82, 2.24) is 0 Å². The van der Waals surface area contributed by atoms with Crippen LogP contribution in [0.3, 0.4) is 0 Å². The van der Waals surface area contributed by atoms with Gasteiger partial charge in [-0.3, -0.25) is 0 Å². The van der Waals surface area contributed by atoms with E-state index in [-0.39, 0.29) is 4.90 Å². The number of benzene rings is 3. The summed E-state index contributed by atoms with van der Waals surface area (Å²) in [6.45, 7) is 0. The Morgan fingerprint density at radius 3 is 2.31 bits per heavy atom. The van der Waals surface area contributed by atoms with Gasteiger partial charge in [0, 0.05) is 17.0 Å². The first-order valence-corrected chi connectivity index (χ1v) is 10.3. The fraction of sp³-hybridized carbons (Fsp3) is 0.0455. The second-order valence-electron chi connectivity index (χ2n) is 6.37. The number of methoxy groups -OCH3 is 1. The van der Waals surface area contributed by atoms with Crippen LogP contribution in [0, 0.1) is 0 Å². The Labute approximate surface area is 168 Å². The summed E-state index contributed by atoms with van der Waals surface area (Å²) in [5.41, 5.74) is 2.17. The van der Waals surface area contributed by atoms with Crippen molar-refractivity contribution in [1.29, 1.82) is 0 Å². The molecule has 0 atom stereocenters. The van der Waals surface area contributed by atoms with Crippen LogP contribution < -0.4 is 15.2 Å². The van der Waals surface area contributed by atoms with E-state index < -0.39 is 10.0 Å². The van der Waals surface area contributed by atoms with E-state index in [0.717, 1.165) is 10.9 Å². The zero-order chi connectivity index (χ0) is 20.4. The molecular weight excluding hydrogens is 388 g/mol. The lowest BCUT2D eigenvalue weighted by atomic mass is 10.1. The number of rotatable bonds is 4. The highest BCUT2D eigenvalue weighted by molar-refractivity contribution is 7.89. The van der Waals surface area contributed by atoms with E-state index in [2.05, 4.69) is 0 Å². The second-order valence-corrected chi connectivity index (χ2v) is 7.94. The molecule has 29 heavy (non-hydrogen) atoms. The number of hydrogen-bond acceptors (Lipinski definition) is 5. The minimum Gasteiger partial charge on any atom is -0.497 e. The molecule has 4 rings (SSSR count). The average molecular weight is 406 g/mol. The summed E-state index contributed by atoms with van der Waals surface area (Å²) < 4.78 is 34.4. The van der Waals surface area contributed by atoms with Crippen LogP contribution in [-0.4, -0.2) is 15.5 Å². The van der Waals surface area contributed by atoms with Gasteiger partial charge in [-0.15, -0.1) is 0 Å². The van der Waals surface area contributed by atoms with Crippen molar-refractivity contribution in [3.8, 4) is 17.1 Å². The summed E-state index contributed by atoms with van der Waals surface area (Å²) in [5.74, 6) is 1.35. The average Bonchev–Trinajstić information content (AvgIpc) is 2.73. The maximum atomic E-state index is 11.5. The van der Waals surface area contributed by atoms with Gasteiger partial charge in [0.1, 0.15) is 17.1 Å². The molecule has 0 fully saturated rings. The largest absolute Gasteiger partial charge is 0.497 e. The number of nitrogens with two attached hydrogens (primary N) is 1. The van der Waals surface area contributed by atoms with Crippen LogP contribution in [0.1, 0.15) is 0 Å². The third-order valence-electron chi connectivity index (χ3n) is 4.42. The highest BCUT2D eigenvalue weighted by Crippen LogP contribution is 2.25. The zero-order valence-corrected chi connectivity index (χ0v) is 16.4. The van der Waals surface area contributed by atoms with Crippen LogP contribution in [0.2, 0.25) is 0 Å². The Morgan fingerprint density at radius 2 is 1.66 bits per heavy atom. The molecule has 146 valence electrons. The van der Waals surface area contributed by atoms with E-state index in [1.807, 2.05) is 54.6 Å². The first kappa shape index (κ1) is 18.9. The minimum atomic E-state index is -3.75. The molecule has 7 heteroatoms. The number of hydrogen-bond donors (Lipinski definition) is 1. The zero-order valence-electron chi connectivity index (χ0n) is 15.6. The fourth-order valence-corrected chi connectivity index (χ4v) is 3.48. The Morgan fingerprint density at radius 1 is 0.931 bits per heavy atom. The molecule has 0 unspecified atom stereocenters. The molecule has 0 aliphatic heterocycles. The Kier molecular flexibility index (Phi) is 4.92. The Balaban J connectivity index is 1.94. The Bertz CT molecular complexity index is 1340. The summed E-state index contributed by atoms with van der Waals surface area (Å²) in [6, 6.07) is 23.2. The van der Waals surface area contributed by atoms with Crippen LogP contribution in [0.25, 0.3) is 22.3 Å². The maximum Gasteiger partial charge on any atom is 0.238 e. The number of ether oxygens (including phenoxy) is 1. The van der Waals surface area contributed by atoms with Crippen molar-refractivity contribution < 1.29 is 17.6 Å². The van der Waals surface area contributed by atoms with Crippen molar-refractivity contribution in [3.63, 3.8) is 0 Å². The summed E-state index contributed by atoms with van der Waals surface area (Å²) in [7, 11) is -2.16. The van der Waals surface area contributed by atoms with Gasteiger partial charge in [0.15, 0.2) is 0 Å². The monoisotopic (exact) mass is 406 g/mol. The van der Waals surface area contributed by atoms with E-state index >= 15 is 0 Å². The molecule has 3 aromatic carbocycles. The quantitative estimate of drug-likeness (QED) is 0.554. The lowest BCUT2D eigenvalue weighted by Crippen LogP contribution is -2.11. The van der Waals surface area contributed by atoms with Crippen molar-refractivity contribution in [2.24, 2.45) is 10.1 Å². The van der Waals surface area contributed by atoms with Crippen LogP contribution in [0.4, 0.5) is 5.69 Å². The molecule has 1 aromatic heterocycles. The molecule has 2 N–H and O–H groups in total. The van der Waals surface area contributed by atoms with Crippen LogP contribution in [0.5, 0.6) is 5.75 Å². The van der Waals surface area contributed by atoms with Crippen molar-refractivity contribution >= 4 is 26.7 Å². The van der Waals surface area contributed by atoms with E-state index in [1.165, 1.54) is 12.1 Å². The van der Waals surface area contributed by atoms with Crippen molar-refractivity contribution in [2.45, 2.75) is 4.90 Å². The van der Waals surface area contributed by atoms with Crippen LogP contribution in [0.15, 0.2) is 93.2 Å². The molecule has 0 aliphatic carbocycles. The number of nitrogens with zero attached hydrogens (tertiary/aromatic N) is 1. The van der Waals surface area contributed by atoms with Crippen molar-refractivity contribution in [3.05, 3.63) is 84.2 Å². The van der Waals surface area contributed by atoms with Gasteiger partial charge in [-0.1, -0.05) is 30.3 Å². The van der Waals surface area contributed by atoms with Gasteiger partial charge in [0.25, 0.3) is 0 Å². The van der Waals surface area contributed by atoms with Gasteiger partial charge in [0.2, 0.25) is 10.0 Å². The number of sulfonamides is 1. The number of fused-ring (bicyclic) bond motifs is 1. The molecule has 0 aliphatic rings. The second kappa shape index (κ2) is 7.54. The molecule has 0 bridgehead atoms. The van der Waals surface area contributed by atoms with Gasteiger partial charge in [-0.25, -0.2) is 18.5 Å². The van der Waals surface area contributed by atoms with Crippen LogP contribution in [-0.2, 0) is 10.0 Å². The van der Waals surface area contributed by atoms with Crippen molar-refractivity contribution in [2.75, 3.05) is 7.11 Å². The third kappa shape index (κ3) is 4.06. The Hall–Kier alpha value is -3.42. The molecule has 0 radical (unpaired) electrons. The minimum absolute atomic E-state index is 0.0380. The van der Waals surface area contributed by atoms with E-state index in [1.54, 1.807) is 19.2 Å². The molecular formula is C22H18N2O4S. The lowest BCUT2D eigenvalue weighted by Gasteiger charge is -2.07. The molecule has 0 saturated carbocycles. The van der Waals surface area contributed by atoms with Gasteiger partial charge >= 0.3 is 0 Å². The molecule has 1 heterocycles. The topological polar surface area (TPSA) is 94.9 Å². The molecule has 0 saturated heterocycles. The predicted molar refractivity (Wildman–Crippen MR) is 111 cm³/mol. The van der Waals surface area contributed by atoms with E-state index in [0.29, 0.717) is 28.1 Å². The highest BCUT2D eigenvalue weighted by Gasteiger charge is 2.09. The van der Waals surface area contributed by atoms with E-state index in [9.17, 15) is 8.42 Å². The van der Waals surface area contributed by atoms with Gasteiger partial charge in [-0.05, 0) is 42.5 Å². The van der Waals surface area contributed by atoms with Gasteiger partial charge in [-0.2, -0.15) is 0 Å². The lowest BCUT2D eigenvalue weighted by molar-refractivity contribution is 0.415. The summed E-state index contributed by atoms with van der Waals surface area (Å²) in [6.07, 6.45) is 0. The summed E-state index contributed by atoms with van der Waals surface area (Å²) in [4.78, 5) is 4.74. The number of primary sulfonamides is 1. The molecule has 6 nitrogen and oxygen atoms in total. The van der Waals surface area contributed by atoms with Gasteiger partial charge in [0.05, 0.1) is 23.0 Å². The predicted octanol–water partition coefficient (Wildman–Crippen LogP) is 3.99. The maximum absolute atomic E-state index is 11.5. The molecule has 0 amide bonds. The highest BCUT2D eigenvalue weighted by atomic mass is 32.2. The standard InChI is InChI=1S/C22H18N2O4S/c1-27-17-9-12-21-19(13-17)20(14-22(28-21)15-5-3-2-4-6-15)24-16-7-10-18(11-8-16)29(23,25)26/h2-14H,1H3,(H2,23,25,26). The van der Waals surface area contributed by atoms with Crippen LogP contribution >= 0.6 is 0 Å². The smallest absolute Gasteiger partial charge is 0.238 e. The summed E-state index contributed by atoms with van der Waals surface area (Å²) in [5, 5.41) is 6.62. The molecule has 4 aromatic rings. The van der Waals surface area contributed by atoms with E-state index in [4.69, 9.17) is 19.3 Å². The van der Waals surface area contributed by atoms with Gasteiger partial charge < -0.3 is 9.15 Å². The fourth-order valence-electron chi connectivity index (χ4n) is 2.96. The SMILES string of the molecule is COc1ccc2oc(-c3ccccc3)cc(=Nc3ccc(S(N)(=O)=O)cc3)c2c1. The first-order valence-electron chi connectivity index (χ1n) is 8.79. The normalized spacial score (nSPS) is 12.3. The molecule has 0 spiro atoms. The first-order chi connectivity index (χ1) is 13.9. The third-order valence-corrected chi connectivity index (χ3v) is 5.35.